The van der Waals surface area contributed by atoms with Gasteiger partial charge in [0.15, 0.2) is 12.1 Å². The Morgan fingerprint density at radius 3 is 2.61 bits per heavy atom. The molecule has 1 fully saturated rings. The summed E-state index contributed by atoms with van der Waals surface area (Å²) in [5.74, 6) is -0.211. The Balaban J connectivity index is 1.86. The monoisotopic (exact) mass is 245 g/mol. The van der Waals surface area contributed by atoms with Crippen molar-refractivity contribution < 1.29 is 14.3 Å². The molecule has 4 atom stereocenters. The number of aromatic nitrogens is 1. The second-order valence-corrected chi connectivity index (χ2v) is 5.69. The molecule has 5 rings (SSSR count). The van der Waals surface area contributed by atoms with Crippen molar-refractivity contribution in [3.63, 3.8) is 0 Å². The number of hydrogen-bond acceptors (Lipinski definition) is 3. The molecule has 18 heavy (non-hydrogen) atoms. The van der Waals surface area contributed by atoms with E-state index in [0.29, 0.717) is 5.69 Å². The number of aldehydes is 1. The first-order valence-electron chi connectivity index (χ1n) is 6.31. The molecule has 1 aromatic rings. The van der Waals surface area contributed by atoms with Crippen LogP contribution in [0.25, 0.3) is 0 Å². The molecule has 4 heteroatoms. The molecule has 4 nitrogen and oxygen atoms in total. The highest BCUT2D eigenvalue weighted by atomic mass is 16.8. The summed E-state index contributed by atoms with van der Waals surface area (Å²) in [6.45, 7) is 3.89. The molecule has 1 N–H and O–H groups in total. The predicted octanol–water partition coefficient (Wildman–Crippen LogP) is 2.10. The van der Waals surface area contributed by atoms with E-state index in [0.717, 1.165) is 11.8 Å². The minimum Gasteiger partial charge on any atom is -0.358 e. The zero-order valence-corrected chi connectivity index (χ0v) is 10.3. The van der Waals surface area contributed by atoms with E-state index < -0.39 is 5.79 Å². The van der Waals surface area contributed by atoms with Gasteiger partial charge in [0.1, 0.15) is 0 Å². The topological polar surface area (TPSA) is 51.3 Å². The molecule has 4 unspecified atom stereocenters. The highest BCUT2D eigenvalue weighted by Gasteiger charge is 2.54. The molecule has 1 saturated heterocycles. The second-order valence-electron chi connectivity index (χ2n) is 5.69. The van der Waals surface area contributed by atoms with E-state index in [1.54, 1.807) is 0 Å². The molecule has 2 heterocycles. The van der Waals surface area contributed by atoms with Crippen LogP contribution in [0.4, 0.5) is 0 Å². The molecule has 0 spiro atoms. The number of H-pyrrole nitrogens is 1. The van der Waals surface area contributed by atoms with Crippen LogP contribution < -0.4 is 0 Å². The highest BCUT2D eigenvalue weighted by molar-refractivity contribution is 5.77. The van der Waals surface area contributed by atoms with Gasteiger partial charge in [-0.15, -0.1) is 0 Å². The predicted molar refractivity (Wildman–Crippen MR) is 64.6 cm³/mol. The summed E-state index contributed by atoms with van der Waals surface area (Å²) in [5.41, 5.74) is 2.96. The third kappa shape index (κ3) is 1.15. The van der Waals surface area contributed by atoms with Crippen LogP contribution in [0.5, 0.6) is 0 Å². The van der Waals surface area contributed by atoms with Crippen LogP contribution in [-0.4, -0.2) is 29.3 Å². The van der Waals surface area contributed by atoms with Crippen LogP contribution in [0.1, 0.15) is 47.3 Å². The third-order valence-electron chi connectivity index (χ3n) is 4.19. The minimum absolute atomic E-state index is 0.0250. The first-order valence-corrected chi connectivity index (χ1v) is 6.31. The number of carbonyl (C=O) groups excluding carboxylic acids is 1. The lowest BCUT2D eigenvalue weighted by Crippen LogP contribution is -2.41. The number of rotatable bonds is 1. The normalized spacial score (nSPS) is 38.6. The average Bonchev–Trinajstić information content (AvgIpc) is 2.89. The largest absolute Gasteiger partial charge is 0.358 e. The number of carbonyl (C=O) groups is 1. The first-order chi connectivity index (χ1) is 8.61. The van der Waals surface area contributed by atoms with E-state index in [1.807, 2.05) is 20.0 Å². The van der Waals surface area contributed by atoms with E-state index in [9.17, 15) is 4.79 Å². The summed E-state index contributed by atoms with van der Waals surface area (Å²) in [6, 6.07) is 0. The number of nitrogens with one attached hydrogen (secondary N) is 1. The number of hydrogen-bond donors (Lipinski definition) is 1. The summed E-state index contributed by atoms with van der Waals surface area (Å²) in [4.78, 5) is 14.2. The Morgan fingerprint density at radius 2 is 1.89 bits per heavy atom. The molecule has 2 bridgehead atoms. The molecular formula is C14H15NO3. The maximum absolute atomic E-state index is 11.1. The molecule has 0 saturated carbocycles. The van der Waals surface area contributed by atoms with Gasteiger partial charge < -0.3 is 14.5 Å². The molecule has 0 amide bonds. The van der Waals surface area contributed by atoms with Crippen molar-refractivity contribution in [2.45, 2.75) is 43.7 Å². The zero-order valence-electron chi connectivity index (χ0n) is 10.3. The van der Waals surface area contributed by atoms with Crippen molar-refractivity contribution in [3.8, 4) is 0 Å². The summed E-state index contributed by atoms with van der Waals surface area (Å²) in [6.07, 6.45) is 7.25. The summed E-state index contributed by atoms with van der Waals surface area (Å²) < 4.78 is 12.0. The Morgan fingerprint density at radius 1 is 1.22 bits per heavy atom. The average molecular weight is 245 g/mol. The quantitative estimate of drug-likeness (QED) is 0.609. The van der Waals surface area contributed by atoms with Crippen LogP contribution >= 0.6 is 0 Å². The van der Waals surface area contributed by atoms with Gasteiger partial charge in [-0.05, 0) is 25.0 Å². The fourth-order valence-corrected chi connectivity index (χ4v) is 3.58. The van der Waals surface area contributed by atoms with Crippen LogP contribution in [0.3, 0.4) is 0 Å². The summed E-state index contributed by atoms with van der Waals surface area (Å²) in [7, 11) is 0. The Labute approximate surface area is 105 Å². The van der Waals surface area contributed by atoms with Gasteiger partial charge >= 0.3 is 0 Å². The van der Waals surface area contributed by atoms with Gasteiger partial charge in [-0.25, -0.2) is 0 Å². The Hall–Kier alpha value is -1.39. The molecule has 1 aliphatic heterocycles. The number of ether oxygens (including phenoxy) is 2. The van der Waals surface area contributed by atoms with Gasteiger partial charge in [0, 0.05) is 18.0 Å². The van der Waals surface area contributed by atoms with Gasteiger partial charge in [-0.1, -0.05) is 12.2 Å². The molecule has 4 aliphatic rings. The van der Waals surface area contributed by atoms with E-state index in [-0.39, 0.29) is 24.0 Å². The van der Waals surface area contributed by atoms with Crippen molar-refractivity contribution >= 4 is 6.29 Å². The van der Waals surface area contributed by atoms with Crippen molar-refractivity contribution in [3.05, 3.63) is 35.2 Å². The van der Waals surface area contributed by atoms with E-state index in [4.69, 9.17) is 9.47 Å². The SMILES string of the molecule is CC1(C)OC2C3C=CC(c4c3c[nH]c4C=O)C2O1. The van der Waals surface area contributed by atoms with Crippen molar-refractivity contribution in [2.75, 3.05) is 0 Å². The minimum atomic E-state index is -0.535. The van der Waals surface area contributed by atoms with Crippen molar-refractivity contribution in [1.29, 1.82) is 0 Å². The smallest absolute Gasteiger partial charge is 0.166 e. The van der Waals surface area contributed by atoms with Crippen molar-refractivity contribution in [2.24, 2.45) is 0 Å². The molecule has 0 radical (unpaired) electrons. The highest BCUT2D eigenvalue weighted by Crippen LogP contribution is 2.53. The third-order valence-corrected chi connectivity index (χ3v) is 4.19. The van der Waals surface area contributed by atoms with Gasteiger partial charge in [0.25, 0.3) is 0 Å². The molecular weight excluding hydrogens is 230 g/mol. The molecule has 94 valence electrons. The lowest BCUT2D eigenvalue weighted by atomic mass is 9.69. The van der Waals surface area contributed by atoms with Crippen molar-refractivity contribution in [1.82, 2.24) is 4.98 Å². The lowest BCUT2D eigenvalue weighted by molar-refractivity contribution is -0.146. The Kier molecular flexibility index (Phi) is 1.83. The first kappa shape index (κ1) is 10.5. The van der Waals surface area contributed by atoms with E-state index in [1.165, 1.54) is 5.56 Å². The van der Waals surface area contributed by atoms with Gasteiger partial charge in [0.2, 0.25) is 0 Å². The fraction of sp³-hybridized carbons (Fsp3) is 0.500. The van der Waals surface area contributed by atoms with E-state index in [2.05, 4.69) is 17.1 Å². The number of aromatic amines is 1. The van der Waals surface area contributed by atoms with Crippen LogP contribution in [-0.2, 0) is 9.47 Å². The second kappa shape index (κ2) is 3.13. The van der Waals surface area contributed by atoms with Gasteiger partial charge in [-0.3, -0.25) is 4.79 Å². The molecule has 0 aromatic carbocycles. The fourth-order valence-electron chi connectivity index (χ4n) is 3.58. The standard InChI is InChI=1S/C14H15NO3/c1-14(2)17-12-7-3-4-8(13(12)18-14)11-9(7)5-15-10(11)6-16/h3-8,12-13,15H,1-2H3. The Bertz CT molecular complexity index is 557. The maximum Gasteiger partial charge on any atom is 0.166 e. The zero-order chi connectivity index (χ0) is 12.5. The van der Waals surface area contributed by atoms with Crippen LogP contribution in [0.15, 0.2) is 18.3 Å². The van der Waals surface area contributed by atoms with Crippen LogP contribution in [0.2, 0.25) is 0 Å². The van der Waals surface area contributed by atoms with Crippen LogP contribution in [0, 0.1) is 0 Å². The summed E-state index contributed by atoms with van der Waals surface area (Å²) in [5, 5.41) is 0. The lowest BCUT2D eigenvalue weighted by Gasteiger charge is -2.39. The molecule has 1 aromatic heterocycles. The maximum atomic E-state index is 11.1. The van der Waals surface area contributed by atoms with E-state index >= 15 is 0 Å². The summed E-state index contributed by atoms with van der Waals surface area (Å²) >= 11 is 0. The molecule has 3 aliphatic carbocycles. The van der Waals surface area contributed by atoms with Gasteiger partial charge in [-0.2, -0.15) is 0 Å². The van der Waals surface area contributed by atoms with Gasteiger partial charge in [0.05, 0.1) is 17.9 Å².